The van der Waals surface area contributed by atoms with Gasteiger partial charge in [0.15, 0.2) is 0 Å². The molecule has 0 amide bonds. The predicted octanol–water partition coefficient (Wildman–Crippen LogP) is 1.90. The first-order chi connectivity index (χ1) is 9.78. The van der Waals surface area contributed by atoms with Crippen LogP contribution in [0, 0.1) is 11.8 Å². The summed E-state index contributed by atoms with van der Waals surface area (Å²) < 4.78 is 5.77. The van der Waals surface area contributed by atoms with Crippen molar-refractivity contribution in [2.24, 2.45) is 0 Å². The van der Waals surface area contributed by atoms with Gasteiger partial charge in [0.2, 0.25) is 0 Å². The van der Waals surface area contributed by atoms with Crippen molar-refractivity contribution in [3.05, 3.63) is 29.8 Å². The molecule has 108 valence electrons. The molecule has 20 heavy (non-hydrogen) atoms. The summed E-state index contributed by atoms with van der Waals surface area (Å²) >= 11 is 5.53. The van der Waals surface area contributed by atoms with Gasteiger partial charge in [0.05, 0.1) is 5.88 Å². The zero-order chi connectivity index (χ0) is 14.2. The lowest BCUT2D eigenvalue weighted by Crippen LogP contribution is -2.45. The third-order valence-corrected chi connectivity index (χ3v) is 3.56. The van der Waals surface area contributed by atoms with Gasteiger partial charge in [-0.3, -0.25) is 4.90 Å². The summed E-state index contributed by atoms with van der Waals surface area (Å²) in [6.07, 6.45) is 0. The highest BCUT2D eigenvalue weighted by Gasteiger charge is 2.12. The molecule has 0 spiro atoms. The Morgan fingerprint density at radius 2 is 1.85 bits per heavy atom. The van der Waals surface area contributed by atoms with Crippen molar-refractivity contribution in [1.82, 2.24) is 9.80 Å². The molecule has 1 aliphatic heterocycles. The molecule has 1 fully saturated rings. The normalized spacial score (nSPS) is 16.5. The number of nitrogens with zero attached hydrogens (tertiary/aromatic N) is 2. The van der Waals surface area contributed by atoms with E-state index in [1.807, 2.05) is 24.3 Å². The number of hydrogen-bond donors (Lipinski definition) is 0. The van der Waals surface area contributed by atoms with Gasteiger partial charge in [-0.15, -0.1) is 11.6 Å². The molecule has 3 nitrogen and oxygen atoms in total. The average molecular weight is 293 g/mol. The zero-order valence-corrected chi connectivity index (χ0v) is 12.7. The third-order valence-electron chi connectivity index (χ3n) is 3.43. The first kappa shape index (κ1) is 15.2. The highest BCUT2D eigenvalue weighted by Crippen LogP contribution is 2.11. The van der Waals surface area contributed by atoms with Gasteiger partial charge in [0.25, 0.3) is 0 Å². The maximum atomic E-state index is 5.77. The maximum Gasteiger partial charge on any atom is 0.119 e. The molecule has 0 saturated carbocycles. The van der Waals surface area contributed by atoms with Crippen LogP contribution in [0.25, 0.3) is 0 Å². The summed E-state index contributed by atoms with van der Waals surface area (Å²) in [5, 5.41) is 0. The Kier molecular flexibility index (Phi) is 6.20. The lowest BCUT2D eigenvalue weighted by Gasteiger charge is -2.32. The van der Waals surface area contributed by atoms with Gasteiger partial charge >= 0.3 is 0 Å². The number of rotatable bonds is 4. The van der Waals surface area contributed by atoms with Crippen LogP contribution in [0.5, 0.6) is 5.75 Å². The number of halogens is 1. The Hall–Kier alpha value is -1.21. The molecule has 0 N–H and O–H groups in total. The molecule has 1 aliphatic rings. The largest absolute Gasteiger partial charge is 0.492 e. The van der Waals surface area contributed by atoms with Crippen molar-refractivity contribution in [3.8, 4) is 17.6 Å². The minimum absolute atomic E-state index is 0.364. The number of piperazine rings is 1. The highest BCUT2D eigenvalue weighted by molar-refractivity contribution is 6.19. The van der Waals surface area contributed by atoms with Crippen LogP contribution in [0.4, 0.5) is 0 Å². The van der Waals surface area contributed by atoms with Crippen molar-refractivity contribution >= 4 is 11.6 Å². The molecule has 0 bridgehead atoms. The SMILES string of the molecule is CN1CCN(CCOc2ccc(C#CCCl)cc2)CC1. The molecule has 1 heterocycles. The first-order valence-electron chi connectivity index (χ1n) is 6.96. The monoisotopic (exact) mass is 292 g/mol. The first-order valence-corrected chi connectivity index (χ1v) is 7.50. The predicted molar refractivity (Wildman–Crippen MR) is 83.5 cm³/mol. The molecule has 1 aromatic rings. The van der Waals surface area contributed by atoms with Gasteiger partial charge in [-0.1, -0.05) is 11.8 Å². The fourth-order valence-electron chi connectivity index (χ4n) is 2.13. The van der Waals surface area contributed by atoms with Gasteiger partial charge in [-0.05, 0) is 31.3 Å². The van der Waals surface area contributed by atoms with Crippen LogP contribution in [-0.2, 0) is 0 Å². The number of likely N-dealkylation sites (N-methyl/N-ethyl adjacent to an activating group) is 1. The van der Waals surface area contributed by atoms with E-state index in [0.29, 0.717) is 5.88 Å². The molecule has 0 radical (unpaired) electrons. The second-order valence-corrected chi connectivity index (χ2v) is 5.22. The molecule has 0 aromatic heterocycles. The second kappa shape index (κ2) is 8.16. The molecule has 2 rings (SSSR count). The topological polar surface area (TPSA) is 15.7 Å². The fourth-order valence-corrected chi connectivity index (χ4v) is 2.20. The van der Waals surface area contributed by atoms with Crippen LogP contribution >= 0.6 is 11.6 Å². The van der Waals surface area contributed by atoms with Crippen molar-refractivity contribution in [1.29, 1.82) is 0 Å². The molecule has 0 atom stereocenters. The van der Waals surface area contributed by atoms with Crippen molar-refractivity contribution < 1.29 is 4.74 Å². The second-order valence-electron chi connectivity index (χ2n) is 4.95. The standard InChI is InChI=1S/C16H21ClN2O/c1-18-9-11-19(12-10-18)13-14-20-16-6-4-15(5-7-16)3-2-8-17/h4-7H,8-14H2,1H3. The van der Waals surface area contributed by atoms with E-state index in [4.69, 9.17) is 16.3 Å². The van der Waals surface area contributed by atoms with Crippen LogP contribution in [0.1, 0.15) is 5.56 Å². The quantitative estimate of drug-likeness (QED) is 0.623. The van der Waals surface area contributed by atoms with Crippen LogP contribution in [0.3, 0.4) is 0 Å². The number of benzene rings is 1. The maximum absolute atomic E-state index is 5.77. The molecule has 0 unspecified atom stereocenters. The Morgan fingerprint density at radius 3 is 2.50 bits per heavy atom. The van der Waals surface area contributed by atoms with Crippen LogP contribution < -0.4 is 4.74 Å². The van der Waals surface area contributed by atoms with E-state index in [2.05, 4.69) is 28.7 Å². The number of hydrogen-bond acceptors (Lipinski definition) is 3. The van der Waals surface area contributed by atoms with Gasteiger partial charge in [0.1, 0.15) is 12.4 Å². The summed E-state index contributed by atoms with van der Waals surface area (Å²) in [7, 11) is 2.17. The van der Waals surface area contributed by atoms with E-state index in [-0.39, 0.29) is 0 Å². The van der Waals surface area contributed by atoms with Crippen molar-refractivity contribution in [3.63, 3.8) is 0 Å². The zero-order valence-electron chi connectivity index (χ0n) is 11.9. The Labute approximate surface area is 126 Å². The fraction of sp³-hybridized carbons (Fsp3) is 0.500. The van der Waals surface area contributed by atoms with Gasteiger partial charge < -0.3 is 9.64 Å². The molecule has 1 saturated heterocycles. The summed E-state index contributed by atoms with van der Waals surface area (Å²) in [4.78, 5) is 4.80. The molecule has 0 aliphatic carbocycles. The Morgan fingerprint density at radius 1 is 1.15 bits per heavy atom. The molecule has 4 heteroatoms. The van der Waals surface area contributed by atoms with Crippen molar-refractivity contribution in [2.75, 3.05) is 52.3 Å². The minimum Gasteiger partial charge on any atom is -0.492 e. The lowest BCUT2D eigenvalue weighted by molar-refractivity contribution is 0.134. The smallest absolute Gasteiger partial charge is 0.119 e. The Bertz CT molecular complexity index is 456. The number of alkyl halides is 1. The summed E-state index contributed by atoms with van der Waals surface area (Å²) in [6.45, 7) is 6.28. The van der Waals surface area contributed by atoms with Gasteiger partial charge in [-0.2, -0.15) is 0 Å². The minimum atomic E-state index is 0.364. The third kappa shape index (κ3) is 5.05. The van der Waals surface area contributed by atoms with E-state index in [0.717, 1.165) is 50.6 Å². The Balaban J connectivity index is 1.71. The van der Waals surface area contributed by atoms with Crippen LogP contribution in [0.15, 0.2) is 24.3 Å². The van der Waals surface area contributed by atoms with E-state index in [9.17, 15) is 0 Å². The van der Waals surface area contributed by atoms with E-state index < -0.39 is 0 Å². The lowest BCUT2D eigenvalue weighted by atomic mass is 10.2. The van der Waals surface area contributed by atoms with Gasteiger partial charge in [0, 0.05) is 38.3 Å². The molecular weight excluding hydrogens is 272 g/mol. The van der Waals surface area contributed by atoms with Crippen molar-refractivity contribution in [2.45, 2.75) is 0 Å². The van der Waals surface area contributed by atoms with E-state index in [1.165, 1.54) is 0 Å². The van der Waals surface area contributed by atoms with Crippen LogP contribution in [-0.4, -0.2) is 62.1 Å². The van der Waals surface area contributed by atoms with Crippen LogP contribution in [0.2, 0.25) is 0 Å². The summed E-state index contributed by atoms with van der Waals surface area (Å²) in [5.41, 5.74) is 0.970. The highest BCUT2D eigenvalue weighted by atomic mass is 35.5. The van der Waals surface area contributed by atoms with E-state index >= 15 is 0 Å². The summed E-state index contributed by atoms with van der Waals surface area (Å²) in [5.74, 6) is 7.08. The number of ether oxygens (including phenoxy) is 1. The van der Waals surface area contributed by atoms with E-state index in [1.54, 1.807) is 0 Å². The average Bonchev–Trinajstić information content (AvgIpc) is 2.48. The molecular formula is C16H21ClN2O. The molecule has 1 aromatic carbocycles. The summed E-state index contributed by atoms with van der Waals surface area (Å²) in [6, 6.07) is 7.85. The van der Waals surface area contributed by atoms with Gasteiger partial charge in [-0.25, -0.2) is 0 Å².